The van der Waals surface area contributed by atoms with Gasteiger partial charge in [0.15, 0.2) is 5.82 Å². The van der Waals surface area contributed by atoms with Gasteiger partial charge < -0.3 is 5.11 Å². The monoisotopic (exact) mass is 294 g/mol. The van der Waals surface area contributed by atoms with Gasteiger partial charge in [-0.1, -0.05) is 6.92 Å². The molecule has 1 N–H and O–H groups in total. The Hall–Kier alpha value is -1.76. The molecule has 6 nitrogen and oxygen atoms in total. The molecule has 1 atom stereocenters. The average Bonchev–Trinajstić information content (AvgIpc) is 2.96. The van der Waals surface area contributed by atoms with E-state index in [9.17, 15) is 9.90 Å². The normalized spacial score (nSPS) is 14.2. The molecule has 0 aliphatic rings. The van der Waals surface area contributed by atoms with Crippen LogP contribution in [0.25, 0.3) is 10.7 Å². The summed E-state index contributed by atoms with van der Waals surface area (Å²) in [6, 6.07) is 2.03. The lowest BCUT2D eigenvalue weighted by atomic mass is 9.88. The number of carbonyl (C=O) groups is 1. The van der Waals surface area contributed by atoms with E-state index in [1.807, 2.05) is 26.8 Å². The number of rotatable bonds is 5. The Balaban J connectivity index is 2.36. The third-order valence-electron chi connectivity index (χ3n) is 3.71. The molecule has 0 spiro atoms. The highest BCUT2D eigenvalue weighted by Crippen LogP contribution is 2.31. The number of hydrogen-bond donors (Lipinski definition) is 1. The van der Waals surface area contributed by atoms with Gasteiger partial charge in [0, 0.05) is 4.88 Å². The van der Waals surface area contributed by atoms with Gasteiger partial charge in [0.05, 0.1) is 16.8 Å². The smallest absolute Gasteiger partial charge is 0.311 e. The van der Waals surface area contributed by atoms with Crippen LogP contribution in [0.3, 0.4) is 0 Å². The van der Waals surface area contributed by atoms with Crippen LogP contribution in [0, 0.1) is 19.3 Å². The van der Waals surface area contributed by atoms with Crippen LogP contribution in [0.5, 0.6) is 0 Å². The number of aryl methyl sites for hydroxylation is 2. The molecule has 0 aliphatic carbocycles. The molecule has 7 heteroatoms. The van der Waals surface area contributed by atoms with Crippen LogP contribution < -0.4 is 0 Å². The zero-order valence-electron chi connectivity index (χ0n) is 12.0. The van der Waals surface area contributed by atoms with Gasteiger partial charge in [-0.15, -0.1) is 16.4 Å². The molecule has 2 rings (SSSR count). The molecule has 0 saturated carbocycles. The molecule has 1 unspecified atom stereocenters. The number of carboxylic acid groups (broad SMARTS) is 1. The number of tetrazole rings is 1. The summed E-state index contributed by atoms with van der Waals surface area (Å²) in [5.74, 6) is -0.202. The third kappa shape index (κ3) is 2.58. The second-order valence-electron chi connectivity index (χ2n) is 5.23. The molecule has 20 heavy (non-hydrogen) atoms. The molecule has 0 aromatic carbocycles. The largest absolute Gasteiger partial charge is 0.481 e. The number of carboxylic acids is 1. The highest BCUT2D eigenvalue weighted by atomic mass is 32.1. The Kier molecular flexibility index (Phi) is 3.89. The molecule has 0 saturated heterocycles. The molecular weight excluding hydrogens is 276 g/mol. The molecular formula is C13H18N4O2S. The number of nitrogens with zero attached hydrogens (tertiary/aromatic N) is 4. The number of aliphatic carboxylic acids is 1. The maximum absolute atomic E-state index is 11.4. The van der Waals surface area contributed by atoms with Gasteiger partial charge in [0.1, 0.15) is 0 Å². The molecule has 0 radical (unpaired) electrons. The van der Waals surface area contributed by atoms with E-state index >= 15 is 0 Å². The van der Waals surface area contributed by atoms with Crippen molar-refractivity contribution in [3.63, 3.8) is 0 Å². The standard InChI is InChI=1S/C13H18N4O2S/c1-5-13(4,12(18)19)7-17-11(14-15-16-17)10-6-8(2)9(3)20-10/h6H,5,7H2,1-4H3,(H,18,19). The van der Waals surface area contributed by atoms with Crippen LogP contribution in [-0.4, -0.2) is 31.3 Å². The number of aromatic nitrogens is 4. The van der Waals surface area contributed by atoms with E-state index in [2.05, 4.69) is 15.5 Å². The molecule has 2 heterocycles. The molecule has 0 bridgehead atoms. The highest BCUT2D eigenvalue weighted by molar-refractivity contribution is 7.15. The third-order valence-corrected chi connectivity index (χ3v) is 4.86. The highest BCUT2D eigenvalue weighted by Gasteiger charge is 2.33. The Labute approximate surface area is 121 Å². The van der Waals surface area contributed by atoms with Crippen molar-refractivity contribution in [2.75, 3.05) is 0 Å². The SMILES string of the molecule is CCC(C)(Cn1nnnc1-c1cc(C)c(C)s1)C(=O)O. The van der Waals surface area contributed by atoms with Crippen LogP contribution in [0.2, 0.25) is 0 Å². The van der Waals surface area contributed by atoms with Crippen molar-refractivity contribution in [3.8, 4) is 10.7 Å². The molecule has 2 aromatic rings. The van der Waals surface area contributed by atoms with Gasteiger partial charge in [-0.25, -0.2) is 4.68 Å². The van der Waals surface area contributed by atoms with E-state index in [0.717, 1.165) is 4.88 Å². The second kappa shape index (κ2) is 5.32. The zero-order valence-corrected chi connectivity index (χ0v) is 12.9. The van der Waals surface area contributed by atoms with Gasteiger partial charge in [-0.05, 0) is 49.2 Å². The minimum atomic E-state index is -0.870. The molecule has 2 aromatic heterocycles. The lowest BCUT2D eigenvalue weighted by molar-refractivity contribution is -0.149. The predicted octanol–water partition coefficient (Wildman–Crippen LogP) is 2.52. The number of hydrogen-bond acceptors (Lipinski definition) is 5. The van der Waals surface area contributed by atoms with Crippen molar-refractivity contribution in [2.24, 2.45) is 5.41 Å². The summed E-state index contributed by atoms with van der Waals surface area (Å²) in [5, 5.41) is 21.0. The van der Waals surface area contributed by atoms with E-state index < -0.39 is 11.4 Å². The van der Waals surface area contributed by atoms with Crippen LogP contribution in [0.4, 0.5) is 0 Å². The Morgan fingerprint density at radius 2 is 2.20 bits per heavy atom. The van der Waals surface area contributed by atoms with Crippen molar-refractivity contribution in [1.82, 2.24) is 20.2 Å². The zero-order chi connectivity index (χ0) is 14.9. The van der Waals surface area contributed by atoms with E-state index in [0.29, 0.717) is 12.2 Å². The average molecular weight is 294 g/mol. The van der Waals surface area contributed by atoms with E-state index in [-0.39, 0.29) is 6.54 Å². The summed E-state index contributed by atoms with van der Waals surface area (Å²) in [6.45, 7) is 7.92. The van der Waals surface area contributed by atoms with Gasteiger partial charge in [0.25, 0.3) is 0 Å². The van der Waals surface area contributed by atoms with Crippen LogP contribution in [-0.2, 0) is 11.3 Å². The van der Waals surface area contributed by atoms with E-state index in [1.54, 1.807) is 22.9 Å². The minimum Gasteiger partial charge on any atom is -0.481 e. The fourth-order valence-corrected chi connectivity index (χ4v) is 2.86. The van der Waals surface area contributed by atoms with Crippen molar-refractivity contribution >= 4 is 17.3 Å². The first-order valence-electron chi connectivity index (χ1n) is 6.44. The fourth-order valence-electron chi connectivity index (χ4n) is 1.83. The lowest BCUT2D eigenvalue weighted by Gasteiger charge is -2.22. The molecule has 0 fully saturated rings. The van der Waals surface area contributed by atoms with E-state index in [1.165, 1.54) is 10.4 Å². The van der Waals surface area contributed by atoms with Crippen molar-refractivity contribution in [3.05, 3.63) is 16.5 Å². The molecule has 0 amide bonds. The fraction of sp³-hybridized carbons (Fsp3) is 0.538. The maximum atomic E-state index is 11.4. The predicted molar refractivity (Wildman–Crippen MR) is 76.6 cm³/mol. The summed E-state index contributed by atoms with van der Waals surface area (Å²) < 4.78 is 1.59. The van der Waals surface area contributed by atoms with Crippen LogP contribution in [0.15, 0.2) is 6.07 Å². The first-order valence-corrected chi connectivity index (χ1v) is 7.26. The van der Waals surface area contributed by atoms with Gasteiger partial charge in [0.2, 0.25) is 0 Å². The summed E-state index contributed by atoms with van der Waals surface area (Å²) in [6.07, 6.45) is 0.518. The summed E-state index contributed by atoms with van der Waals surface area (Å²) in [5.41, 5.74) is 0.321. The Bertz CT molecular complexity index is 615. The van der Waals surface area contributed by atoms with Crippen LogP contribution in [0.1, 0.15) is 30.7 Å². The Morgan fingerprint density at radius 3 is 2.70 bits per heavy atom. The van der Waals surface area contributed by atoms with Gasteiger partial charge in [-0.2, -0.15) is 0 Å². The second-order valence-corrected chi connectivity index (χ2v) is 6.49. The summed E-state index contributed by atoms with van der Waals surface area (Å²) in [4.78, 5) is 13.6. The number of thiophene rings is 1. The molecule has 108 valence electrons. The van der Waals surface area contributed by atoms with Crippen molar-refractivity contribution in [1.29, 1.82) is 0 Å². The first-order chi connectivity index (χ1) is 9.37. The summed E-state index contributed by atoms with van der Waals surface area (Å²) >= 11 is 1.62. The van der Waals surface area contributed by atoms with Gasteiger partial charge >= 0.3 is 5.97 Å². The lowest BCUT2D eigenvalue weighted by Crippen LogP contribution is -2.32. The van der Waals surface area contributed by atoms with E-state index in [4.69, 9.17) is 0 Å². The topological polar surface area (TPSA) is 80.9 Å². The Morgan fingerprint density at radius 1 is 1.50 bits per heavy atom. The summed E-state index contributed by atoms with van der Waals surface area (Å²) in [7, 11) is 0. The van der Waals surface area contributed by atoms with Crippen molar-refractivity contribution < 1.29 is 9.90 Å². The first kappa shape index (κ1) is 14.6. The quantitative estimate of drug-likeness (QED) is 0.916. The minimum absolute atomic E-state index is 0.261. The van der Waals surface area contributed by atoms with Crippen LogP contribution >= 0.6 is 11.3 Å². The molecule has 0 aliphatic heterocycles. The van der Waals surface area contributed by atoms with Gasteiger partial charge in [-0.3, -0.25) is 4.79 Å². The maximum Gasteiger partial charge on any atom is 0.311 e. The van der Waals surface area contributed by atoms with Crippen molar-refractivity contribution in [2.45, 2.75) is 40.7 Å².